The van der Waals surface area contributed by atoms with Crippen molar-refractivity contribution in [1.82, 2.24) is 4.90 Å². The van der Waals surface area contributed by atoms with Crippen molar-refractivity contribution in [2.45, 2.75) is 6.18 Å². The first-order chi connectivity index (χ1) is 8.74. The van der Waals surface area contributed by atoms with Crippen LogP contribution < -0.4 is 0 Å². The Hall–Kier alpha value is -0.900. The Balaban J connectivity index is 2.99. The Labute approximate surface area is 120 Å². The molecule has 0 aliphatic rings. The van der Waals surface area contributed by atoms with Crippen molar-refractivity contribution in [1.29, 1.82) is 0 Å². The van der Waals surface area contributed by atoms with Crippen LogP contribution in [0.3, 0.4) is 0 Å². The molecule has 1 aromatic carbocycles. The Kier molecular flexibility index (Phi) is 5.53. The summed E-state index contributed by atoms with van der Waals surface area (Å²) in [5.74, 6) is -1.47. The second-order valence-corrected chi connectivity index (χ2v) is 4.85. The smallest absolute Gasteiger partial charge is 0.395 e. The lowest BCUT2D eigenvalue weighted by Gasteiger charge is -2.23. The molecule has 0 aliphatic carbocycles. The lowest BCUT2D eigenvalue weighted by atomic mass is 10.2. The van der Waals surface area contributed by atoms with E-state index < -0.39 is 37.6 Å². The first kappa shape index (κ1) is 16.2. The highest BCUT2D eigenvalue weighted by atomic mass is 127. The number of hydrogen-bond donors (Lipinski definition) is 1. The minimum atomic E-state index is -4.56. The number of aliphatic hydroxyl groups is 1. The zero-order chi connectivity index (χ0) is 14.6. The molecule has 19 heavy (non-hydrogen) atoms. The molecule has 0 heterocycles. The van der Waals surface area contributed by atoms with Crippen molar-refractivity contribution in [3.05, 3.63) is 33.1 Å². The first-order valence-corrected chi connectivity index (χ1v) is 6.24. The third kappa shape index (κ3) is 4.94. The van der Waals surface area contributed by atoms with E-state index in [9.17, 15) is 22.4 Å². The Morgan fingerprint density at radius 3 is 2.47 bits per heavy atom. The molecular formula is C11H10F4INO2. The number of hydrogen-bond acceptors (Lipinski definition) is 2. The Bertz CT molecular complexity index is 464. The van der Waals surface area contributed by atoms with Crippen LogP contribution in [0.1, 0.15) is 10.4 Å². The van der Waals surface area contributed by atoms with Crippen LogP contribution in [0.4, 0.5) is 17.6 Å². The van der Waals surface area contributed by atoms with Crippen molar-refractivity contribution in [3.8, 4) is 0 Å². The highest BCUT2D eigenvalue weighted by molar-refractivity contribution is 14.1. The number of aliphatic hydroxyl groups excluding tert-OH is 1. The van der Waals surface area contributed by atoms with E-state index in [1.807, 2.05) is 0 Å². The van der Waals surface area contributed by atoms with Gasteiger partial charge >= 0.3 is 6.18 Å². The lowest BCUT2D eigenvalue weighted by Crippen LogP contribution is -2.41. The number of carbonyl (C=O) groups is 1. The molecule has 0 saturated heterocycles. The molecule has 0 unspecified atom stereocenters. The molecule has 106 valence electrons. The number of halogens is 5. The summed E-state index contributed by atoms with van der Waals surface area (Å²) in [5, 5.41) is 8.72. The fourth-order valence-corrected chi connectivity index (χ4v) is 2.13. The highest BCUT2D eigenvalue weighted by Gasteiger charge is 2.33. The summed E-state index contributed by atoms with van der Waals surface area (Å²) >= 11 is 1.67. The number of rotatable bonds is 4. The van der Waals surface area contributed by atoms with E-state index in [2.05, 4.69) is 0 Å². The van der Waals surface area contributed by atoms with Crippen LogP contribution >= 0.6 is 22.6 Å². The second kappa shape index (κ2) is 6.51. The average molecular weight is 391 g/mol. The fraction of sp³-hybridized carbons (Fsp3) is 0.364. The van der Waals surface area contributed by atoms with Gasteiger partial charge in [0.05, 0.1) is 12.2 Å². The van der Waals surface area contributed by atoms with E-state index in [0.717, 1.165) is 18.2 Å². The minimum Gasteiger partial charge on any atom is -0.395 e. The van der Waals surface area contributed by atoms with Gasteiger partial charge in [-0.15, -0.1) is 0 Å². The largest absolute Gasteiger partial charge is 0.406 e. The quantitative estimate of drug-likeness (QED) is 0.633. The predicted molar refractivity (Wildman–Crippen MR) is 68.2 cm³/mol. The number of alkyl halides is 3. The van der Waals surface area contributed by atoms with Crippen molar-refractivity contribution < 1.29 is 27.5 Å². The number of nitrogens with zero attached hydrogens (tertiary/aromatic N) is 1. The molecule has 8 heteroatoms. The van der Waals surface area contributed by atoms with Gasteiger partial charge in [-0.25, -0.2) is 4.39 Å². The third-order valence-corrected chi connectivity index (χ3v) is 3.08. The first-order valence-electron chi connectivity index (χ1n) is 5.16. The topological polar surface area (TPSA) is 40.5 Å². The minimum absolute atomic E-state index is 0.0281. The van der Waals surface area contributed by atoms with Crippen LogP contribution in [0.5, 0.6) is 0 Å². The van der Waals surface area contributed by atoms with Crippen molar-refractivity contribution in [2.24, 2.45) is 0 Å². The van der Waals surface area contributed by atoms with E-state index >= 15 is 0 Å². The summed E-state index contributed by atoms with van der Waals surface area (Å²) in [6.07, 6.45) is -4.56. The van der Waals surface area contributed by atoms with Crippen LogP contribution in [-0.2, 0) is 0 Å². The van der Waals surface area contributed by atoms with Gasteiger partial charge < -0.3 is 10.0 Å². The van der Waals surface area contributed by atoms with Crippen LogP contribution in [0, 0.1) is 9.39 Å². The van der Waals surface area contributed by atoms with Gasteiger partial charge in [0.2, 0.25) is 0 Å². The van der Waals surface area contributed by atoms with Crippen LogP contribution in [-0.4, -0.2) is 41.8 Å². The van der Waals surface area contributed by atoms with E-state index in [4.69, 9.17) is 5.11 Å². The standard InChI is InChI=1S/C11H10F4INO2/c12-7-1-2-8(9(16)5-7)10(19)17(3-4-18)6-11(13,14)15/h1-2,5,18H,3-4,6H2. The van der Waals surface area contributed by atoms with Crippen molar-refractivity contribution >= 4 is 28.5 Å². The Morgan fingerprint density at radius 1 is 1.37 bits per heavy atom. The highest BCUT2D eigenvalue weighted by Crippen LogP contribution is 2.20. The summed E-state index contributed by atoms with van der Waals surface area (Å²) in [6.45, 7) is -2.48. The number of carbonyl (C=O) groups excluding carboxylic acids is 1. The molecule has 1 rings (SSSR count). The molecule has 0 aromatic heterocycles. The fourth-order valence-electron chi connectivity index (χ4n) is 1.42. The molecule has 0 fully saturated rings. The molecule has 1 aromatic rings. The van der Waals surface area contributed by atoms with Crippen LogP contribution in [0.15, 0.2) is 18.2 Å². The van der Waals surface area contributed by atoms with Gasteiger partial charge in [0, 0.05) is 10.1 Å². The normalized spacial score (nSPS) is 11.5. The molecule has 1 amide bonds. The van der Waals surface area contributed by atoms with Crippen molar-refractivity contribution in [2.75, 3.05) is 19.7 Å². The maximum Gasteiger partial charge on any atom is 0.406 e. The van der Waals surface area contributed by atoms with E-state index in [-0.39, 0.29) is 9.13 Å². The third-order valence-electron chi connectivity index (χ3n) is 2.19. The van der Waals surface area contributed by atoms with Gasteiger partial charge in [0.25, 0.3) is 5.91 Å². The van der Waals surface area contributed by atoms with Gasteiger partial charge in [-0.05, 0) is 40.8 Å². The molecule has 0 spiro atoms. The van der Waals surface area contributed by atoms with Crippen LogP contribution in [0.25, 0.3) is 0 Å². The van der Waals surface area contributed by atoms with E-state index in [0.29, 0.717) is 4.90 Å². The van der Waals surface area contributed by atoms with E-state index in [1.54, 1.807) is 22.6 Å². The maximum absolute atomic E-state index is 12.9. The molecule has 1 N–H and O–H groups in total. The zero-order valence-corrected chi connectivity index (χ0v) is 11.7. The number of benzene rings is 1. The molecular weight excluding hydrogens is 381 g/mol. The lowest BCUT2D eigenvalue weighted by molar-refractivity contribution is -0.141. The van der Waals surface area contributed by atoms with E-state index in [1.165, 1.54) is 0 Å². The summed E-state index contributed by atoms with van der Waals surface area (Å²) < 4.78 is 50.1. The van der Waals surface area contributed by atoms with Gasteiger partial charge in [-0.2, -0.15) is 13.2 Å². The summed E-state index contributed by atoms with van der Waals surface area (Å²) in [6, 6.07) is 3.18. The number of amides is 1. The molecule has 0 saturated carbocycles. The molecule has 0 atom stereocenters. The Morgan fingerprint density at radius 2 is 2.00 bits per heavy atom. The molecule has 3 nitrogen and oxygen atoms in total. The average Bonchev–Trinajstić information content (AvgIpc) is 2.26. The SMILES string of the molecule is O=C(c1ccc(F)cc1I)N(CCO)CC(F)(F)F. The molecule has 0 radical (unpaired) electrons. The summed E-state index contributed by atoms with van der Waals surface area (Å²) in [7, 11) is 0. The monoisotopic (exact) mass is 391 g/mol. The molecule has 0 aliphatic heterocycles. The molecule has 0 bridgehead atoms. The van der Waals surface area contributed by atoms with Gasteiger partial charge in [0.1, 0.15) is 12.4 Å². The predicted octanol–water partition coefficient (Wildman–Crippen LogP) is 2.43. The van der Waals surface area contributed by atoms with Crippen LogP contribution in [0.2, 0.25) is 0 Å². The van der Waals surface area contributed by atoms with Gasteiger partial charge in [-0.3, -0.25) is 4.79 Å². The zero-order valence-electron chi connectivity index (χ0n) is 9.55. The summed E-state index contributed by atoms with van der Waals surface area (Å²) in [5.41, 5.74) is -0.0281. The van der Waals surface area contributed by atoms with Gasteiger partial charge in [-0.1, -0.05) is 0 Å². The van der Waals surface area contributed by atoms with Crippen molar-refractivity contribution in [3.63, 3.8) is 0 Å². The van der Waals surface area contributed by atoms with Gasteiger partial charge in [0.15, 0.2) is 0 Å². The second-order valence-electron chi connectivity index (χ2n) is 3.69. The summed E-state index contributed by atoms with van der Waals surface area (Å²) in [4.78, 5) is 12.4. The maximum atomic E-state index is 12.9.